The summed E-state index contributed by atoms with van der Waals surface area (Å²) >= 11 is 5.46. The van der Waals surface area contributed by atoms with Crippen molar-refractivity contribution in [1.82, 2.24) is 16.0 Å². The minimum atomic E-state index is -1.28. The number of carbonyl (C=O) groups is 4. The van der Waals surface area contributed by atoms with Crippen LogP contribution in [0.3, 0.4) is 0 Å². The van der Waals surface area contributed by atoms with E-state index >= 15 is 0 Å². The maximum atomic E-state index is 13.3. The van der Waals surface area contributed by atoms with E-state index in [-0.39, 0.29) is 36.5 Å². The van der Waals surface area contributed by atoms with Gasteiger partial charge in [0.2, 0.25) is 17.7 Å². The Kier molecular flexibility index (Phi) is 12.9. The summed E-state index contributed by atoms with van der Waals surface area (Å²) in [7, 11) is 0. The van der Waals surface area contributed by atoms with Crippen molar-refractivity contribution in [3.8, 4) is 11.5 Å². The number of nitrogens with two attached hydrogens (primary N) is 1. The van der Waals surface area contributed by atoms with Crippen molar-refractivity contribution in [3.05, 3.63) is 59.7 Å². The molecular formula is C26H34N4O7S2. The van der Waals surface area contributed by atoms with Gasteiger partial charge in [-0.15, -0.1) is 0 Å². The van der Waals surface area contributed by atoms with E-state index in [1.54, 1.807) is 24.3 Å². The van der Waals surface area contributed by atoms with Crippen molar-refractivity contribution < 1.29 is 34.5 Å². The van der Waals surface area contributed by atoms with Crippen molar-refractivity contribution in [2.45, 2.75) is 43.4 Å². The van der Waals surface area contributed by atoms with Crippen LogP contribution in [0.2, 0.25) is 0 Å². The van der Waals surface area contributed by atoms with E-state index in [0.29, 0.717) is 16.9 Å². The number of thioether (sulfide) groups is 1. The standard InChI is InChI=1S/C26H34N4O7S2/c1-39-11-10-20(24(34)30-22(26(36)37)13-16-4-8-18(32)9-5-16)28-25(35)21(29-23(33)19(27)14-38)12-15-2-6-17(31)7-3-15/h2-9,19-22,31-32,38H,10-14,27H2,1H3,(H,28,35)(H,29,33)(H,30,34)(H,36,37). The quantitative estimate of drug-likeness (QED) is 0.139. The molecule has 0 aliphatic rings. The van der Waals surface area contributed by atoms with Crippen molar-refractivity contribution >= 4 is 48.1 Å². The van der Waals surface area contributed by atoms with Gasteiger partial charge in [-0.1, -0.05) is 24.3 Å². The molecule has 212 valence electrons. The number of carboxylic acids is 1. The number of hydrogen-bond acceptors (Lipinski definition) is 9. The Labute approximate surface area is 236 Å². The third kappa shape index (κ3) is 10.7. The Hall–Kier alpha value is -3.42. The molecular weight excluding hydrogens is 544 g/mol. The molecule has 0 bridgehead atoms. The van der Waals surface area contributed by atoms with Gasteiger partial charge in [0.1, 0.15) is 29.6 Å². The van der Waals surface area contributed by atoms with Gasteiger partial charge in [0.05, 0.1) is 6.04 Å². The molecule has 0 heterocycles. The number of hydrogen-bond donors (Lipinski definition) is 8. The molecule has 0 spiro atoms. The van der Waals surface area contributed by atoms with Crippen molar-refractivity contribution in [2.75, 3.05) is 17.8 Å². The van der Waals surface area contributed by atoms with Gasteiger partial charge in [0.25, 0.3) is 0 Å². The largest absolute Gasteiger partial charge is 0.508 e. The molecule has 13 heteroatoms. The highest BCUT2D eigenvalue weighted by Crippen LogP contribution is 2.14. The van der Waals surface area contributed by atoms with Gasteiger partial charge in [0.15, 0.2) is 0 Å². The predicted molar refractivity (Wildman–Crippen MR) is 152 cm³/mol. The van der Waals surface area contributed by atoms with Crippen LogP contribution in [0.1, 0.15) is 17.5 Å². The van der Waals surface area contributed by atoms with Crippen LogP contribution in [0.5, 0.6) is 11.5 Å². The Morgan fingerprint density at radius 2 is 1.23 bits per heavy atom. The summed E-state index contributed by atoms with van der Waals surface area (Å²) in [4.78, 5) is 50.8. The maximum absolute atomic E-state index is 13.3. The average molecular weight is 579 g/mol. The van der Waals surface area contributed by atoms with E-state index in [2.05, 4.69) is 28.6 Å². The van der Waals surface area contributed by atoms with Crippen LogP contribution >= 0.6 is 24.4 Å². The van der Waals surface area contributed by atoms with Crippen LogP contribution in [-0.4, -0.2) is 80.9 Å². The highest BCUT2D eigenvalue weighted by molar-refractivity contribution is 7.98. The first-order valence-electron chi connectivity index (χ1n) is 12.1. The lowest BCUT2D eigenvalue weighted by molar-refractivity contribution is -0.142. The van der Waals surface area contributed by atoms with Gasteiger partial charge in [-0.05, 0) is 53.8 Å². The van der Waals surface area contributed by atoms with Crippen LogP contribution in [0.15, 0.2) is 48.5 Å². The van der Waals surface area contributed by atoms with Gasteiger partial charge in [-0.3, -0.25) is 14.4 Å². The molecule has 0 saturated carbocycles. The summed E-state index contributed by atoms with van der Waals surface area (Å²) < 4.78 is 0. The molecule has 11 nitrogen and oxygen atoms in total. The number of aliphatic carboxylic acids is 1. The number of thiol groups is 1. The molecule has 0 fully saturated rings. The van der Waals surface area contributed by atoms with E-state index < -0.39 is 47.9 Å². The minimum absolute atomic E-state index is 0.0266. The highest BCUT2D eigenvalue weighted by Gasteiger charge is 2.30. The van der Waals surface area contributed by atoms with Crippen LogP contribution in [0, 0.1) is 0 Å². The highest BCUT2D eigenvalue weighted by atomic mass is 32.2. The Bertz CT molecular complexity index is 1120. The lowest BCUT2D eigenvalue weighted by Crippen LogP contribution is -2.58. The molecule has 2 aromatic rings. The molecule has 8 N–H and O–H groups in total. The minimum Gasteiger partial charge on any atom is -0.508 e. The zero-order valence-electron chi connectivity index (χ0n) is 21.4. The fraction of sp³-hybridized carbons (Fsp3) is 0.385. The van der Waals surface area contributed by atoms with Crippen LogP contribution in [0.25, 0.3) is 0 Å². The molecule has 4 atom stereocenters. The smallest absolute Gasteiger partial charge is 0.326 e. The zero-order valence-corrected chi connectivity index (χ0v) is 23.1. The molecule has 0 aliphatic carbocycles. The van der Waals surface area contributed by atoms with Crippen LogP contribution < -0.4 is 21.7 Å². The molecule has 39 heavy (non-hydrogen) atoms. The lowest BCUT2D eigenvalue weighted by atomic mass is 10.0. The molecule has 0 radical (unpaired) electrons. The number of nitrogens with one attached hydrogen (secondary N) is 3. The molecule has 0 aromatic heterocycles. The van der Waals surface area contributed by atoms with Crippen molar-refractivity contribution in [2.24, 2.45) is 5.73 Å². The summed E-state index contributed by atoms with van der Waals surface area (Å²) in [5.74, 6) is -2.60. The van der Waals surface area contributed by atoms with E-state index in [1.165, 1.54) is 36.0 Å². The summed E-state index contributed by atoms with van der Waals surface area (Å²) in [6.45, 7) is 0. The number of phenolic OH excluding ortho intramolecular Hbond substituents is 2. The normalized spacial score (nSPS) is 13.9. The second kappa shape index (κ2) is 15.9. The number of carboxylic acid groups (broad SMARTS) is 1. The first kappa shape index (κ1) is 31.8. The summed E-state index contributed by atoms with van der Waals surface area (Å²) in [6, 6.07) is 7.59. The third-order valence-corrected chi connectivity index (χ3v) is 6.81. The number of carbonyl (C=O) groups excluding carboxylic acids is 3. The monoisotopic (exact) mass is 578 g/mol. The van der Waals surface area contributed by atoms with Crippen molar-refractivity contribution in [3.63, 3.8) is 0 Å². The number of amides is 3. The zero-order chi connectivity index (χ0) is 28.9. The second-order valence-corrected chi connectivity index (χ2v) is 10.2. The fourth-order valence-electron chi connectivity index (χ4n) is 3.56. The third-order valence-electron chi connectivity index (χ3n) is 5.78. The van der Waals surface area contributed by atoms with Gasteiger partial charge < -0.3 is 37.0 Å². The number of aromatic hydroxyl groups is 2. The lowest BCUT2D eigenvalue weighted by Gasteiger charge is -2.25. The molecule has 4 unspecified atom stereocenters. The summed E-state index contributed by atoms with van der Waals surface area (Å²) in [5, 5.41) is 36.4. The SMILES string of the molecule is CSCCC(NC(=O)C(Cc1ccc(O)cc1)NC(=O)C(N)CS)C(=O)NC(Cc1ccc(O)cc1)C(=O)O. The number of phenols is 2. The van der Waals surface area contributed by atoms with E-state index in [0.717, 1.165) is 0 Å². The van der Waals surface area contributed by atoms with Crippen molar-refractivity contribution in [1.29, 1.82) is 0 Å². The van der Waals surface area contributed by atoms with Crippen LogP contribution in [-0.2, 0) is 32.0 Å². The molecule has 2 rings (SSSR count). The Balaban J connectivity index is 2.21. The Morgan fingerprint density at radius 3 is 1.69 bits per heavy atom. The van der Waals surface area contributed by atoms with Gasteiger partial charge in [0, 0.05) is 18.6 Å². The average Bonchev–Trinajstić information content (AvgIpc) is 2.91. The first-order valence-corrected chi connectivity index (χ1v) is 14.1. The molecule has 3 amide bonds. The van der Waals surface area contributed by atoms with Crippen LogP contribution in [0.4, 0.5) is 0 Å². The van der Waals surface area contributed by atoms with E-state index in [4.69, 9.17) is 5.73 Å². The maximum Gasteiger partial charge on any atom is 0.326 e. The van der Waals surface area contributed by atoms with Gasteiger partial charge >= 0.3 is 5.97 Å². The molecule has 0 aliphatic heterocycles. The summed E-state index contributed by atoms with van der Waals surface area (Å²) in [6.07, 6.45) is 2.05. The predicted octanol–water partition coefficient (Wildman–Crippen LogP) is 0.432. The first-order chi connectivity index (χ1) is 18.5. The Morgan fingerprint density at radius 1 is 0.795 bits per heavy atom. The molecule has 0 saturated heterocycles. The van der Waals surface area contributed by atoms with E-state index in [1.807, 2.05) is 6.26 Å². The summed E-state index contributed by atoms with van der Waals surface area (Å²) in [5.41, 5.74) is 6.98. The van der Waals surface area contributed by atoms with E-state index in [9.17, 15) is 34.5 Å². The number of benzene rings is 2. The second-order valence-electron chi connectivity index (χ2n) is 8.83. The molecule has 2 aromatic carbocycles. The number of rotatable bonds is 15. The van der Waals surface area contributed by atoms with Gasteiger partial charge in [-0.25, -0.2) is 4.79 Å². The topological polar surface area (TPSA) is 191 Å². The fourth-order valence-corrected chi connectivity index (χ4v) is 4.19. The van der Waals surface area contributed by atoms with Gasteiger partial charge in [-0.2, -0.15) is 24.4 Å².